The second-order valence-electron chi connectivity index (χ2n) is 5.60. The molecule has 1 aromatic heterocycles. The molecule has 0 aliphatic carbocycles. The molecular weight excluding hydrogens is 294 g/mol. The van der Waals surface area contributed by atoms with Gasteiger partial charge in [0.25, 0.3) is 0 Å². The quantitative estimate of drug-likeness (QED) is 0.732. The number of benzene rings is 1. The number of aliphatic hydroxyl groups is 1. The SMILES string of the molecule is CC(=O)c1ccc(CCC(C)NCC(O)c2ccccc2)s1. The van der Waals surface area contributed by atoms with E-state index < -0.39 is 6.10 Å². The van der Waals surface area contributed by atoms with Gasteiger partial charge in [0.2, 0.25) is 0 Å². The molecule has 0 amide bonds. The summed E-state index contributed by atoms with van der Waals surface area (Å²) in [6, 6.07) is 13.9. The van der Waals surface area contributed by atoms with Crippen LogP contribution in [-0.2, 0) is 6.42 Å². The molecule has 2 rings (SSSR count). The lowest BCUT2D eigenvalue weighted by atomic mass is 10.1. The third-order valence-electron chi connectivity index (χ3n) is 3.68. The van der Waals surface area contributed by atoms with Crippen LogP contribution in [-0.4, -0.2) is 23.5 Å². The van der Waals surface area contributed by atoms with Gasteiger partial charge in [-0.3, -0.25) is 4.79 Å². The third kappa shape index (κ3) is 5.05. The predicted molar refractivity (Wildman–Crippen MR) is 91.5 cm³/mol. The van der Waals surface area contributed by atoms with Gasteiger partial charge < -0.3 is 10.4 Å². The summed E-state index contributed by atoms with van der Waals surface area (Å²) >= 11 is 1.58. The first kappa shape index (κ1) is 16.9. The van der Waals surface area contributed by atoms with E-state index in [0.29, 0.717) is 12.6 Å². The van der Waals surface area contributed by atoms with Crippen molar-refractivity contribution in [1.82, 2.24) is 5.32 Å². The average Bonchev–Trinajstić information content (AvgIpc) is 3.00. The number of thiophene rings is 1. The van der Waals surface area contributed by atoms with E-state index in [2.05, 4.69) is 12.2 Å². The Kier molecular flexibility index (Phi) is 6.31. The lowest BCUT2D eigenvalue weighted by Gasteiger charge is -2.17. The molecule has 0 spiro atoms. The molecular formula is C18H23NO2S. The van der Waals surface area contributed by atoms with Crippen LogP contribution in [0.3, 0.4) is 0 Å². The van der Waals surface area contributed by atoms with Crippen LogP contribution in [0.1, 0.15) is 46.5 Å². The zero-order valence-electron chi connectivity index (χ0n) is 13.1. The molecule has 1 aromatic carbocycles. The lowest BCUT2D eigenvalue weighted by Crippen LogP contribution is -2.30. The zero-order chi connectivity index (χ0) is 15.9. The van der Waals surface area contributed by atoms with Gasteiger partial charge in [0, 0.05) is 17.5 Å². The summed E-state index contributed by atoms with van der Waals surface area (Å²) in [5, 5.41) is 13.5. The molecule has 118 valence electrons. The van der Waals surface area contributed by atoms with Crippen LogP contribution in [0.2, 0.25) is 0 Å². The Morgan fingerprint density at radius 3 is 2.59 bits per heavy atom. The first-order chi connectivity index (χ1) is 10.6. The van der Waals surface area contributed by atoms with Crippen molar-refractivity contribution in [1.29, 1.82) is 0 Å². The lowest BCUT2D eigenvalue weighted by molar-refractivity contribution is 0.102. The number of nitrogens with one attached hydrogen (secondary N) is 1. The first-order valence-electron chi connectivity index (χ1n) is 7.62. The Hall–Kier alpha value is -1.49. The number of carbonyl (C=O) groups is 1. The highest BCUT2D eigenvalue weighted by Crippen LogP contribution is 2.19. The molecule has 0 aliphatic heterocycles. The fraction of sp³-hybridized carbons (Fsp3) is 0.389. The van der Waals surface area contributed by atoms with Gasteiger partial charge in [-0.1, -0.05) is 30.3 Å². The molecule has 2 aromatic rings. The Morgan fingerprint density at radius 2 is 1.95 bits per heavy atom. The molecule has 0 saturated heterocycles. The monoisotopic (exact) mass is 317 g/mol. The molecule has 0 saturated carbocycles. The van der Waals surface area contributed by atoms with E-state index in [9.17, 15) is 9.90 Å². The van der Waals surface area contributed by atoms with Crippen molar-refractivity contribution in [2.45, 2.75) is 38.8 Å². The summed E-state index contributed by atoms with van der Waals surface area (Å²) in [5.41, 5.74) is 0.937. The summed E-state index contributed by atoms with van der Waals surface area (Å²) in [6.07, 6.45) is 1.46. The van der Waals surface area contributed by atoms with Crippen molar-refractivity contribution in [3.8, 4) is 0 Å². The minimum atomic E-state index is -0.477. The van der Waals surface area contributed by atoms with Gasteiger partial charge in [-0.25, -0.2) is 0 Å². The molecule has 4 heteroatoms. The van der Waals surface area contributed by atoms with Gasteiger partial charge in [-0.2, -0.15) is 0 Å². The van der Waals surface area contributed by atoms with Crippen LogP contribution in [0.5, 0.6) is 0 Å². The predicted octanol–water partition coefficient (Wildman–Crippen LogP) is 3.60. The number of ketones is 1. The van der Waals surface area contributed by atoms with Crippen LogP contribution in [0, 0.1) is 0 Å². The maximum absolute atomic E-state index is 11.3. The standard InChI is InChI=1S/C18H23NO2S/c1-13(8-9-16-10-11-18(22-16)14(2)20)19-12-17(21)15-6-4-3-5-7-15/h3-7,10-11,13,17,19,21H,8-9,12H2,1-2H3. The Bertz CT molecular complexity index is 594. The number of hydrogen-bond acceptors (Lipinski definition) is 4. The number of rotatable bonds is 8. The van der Waals surface area contributed by atoms with Gasteiger partial charge >= 0.3 is 0 Å². The number of aryl methyl sites for hydroxylation is 1. The average molecular weight is 317 g/mol. The molecule has 0 bridgehead atoms. The molecule has 2 unspecified atom stereocenters. The summed E-state index contributed by atoms with van der Waals surface area (Å²) in [5.74, 6) is 0.133. The summed E-state index contributed by atoms with van der Waals surface area (Å²) in [7, 11) is 0. The Balaban J connectivity index is 1.73. The molecule has 0 radical (unpaired) electrons. The fourth-order valence-electron chi connectivity index (χ4n) is 2.27. The summed E-state index contributed by atoms with van der Waals surface area (Å²) in [6.45, 7) is 4.27. The van der Waals surface area contributed by atoms with Crippen molar-refractivity contribution in [3.05, 3.63) is 57.8 Å². The van der Waals surface area contributed by atoms with Crippen molar-refractivity contribution < 1.29 is 9.90 Å². The molecule has 0 fully saturated rings. The van der Waals surface area contributed by atoms with Crippen molar-refractivity contribution in [2.24, 2.45) is 0 Å². The number of carbonyl (C=O) groups excluding carboxylic acids is 1. The fourth-order valence-corrected chi connectivity index (χ4v) is 3.19. The van der Waals surface area contributed by atoms with Crippen LogP contribution in [0.25, 0.3) is 0 Å². The van der Waals surface area contributed by atoms with Gasteiger partial charge in [0.15, 0.2) is 5.78 Å². The highest BCUT2D eigenvalue weighted by Gasteiger charge is 2.10. The number of Topliss-reactive ketones (excluding diaryl/α,β-unsaturated/α-hetero) is 1. The topological polar surface area (TPSA) is 49.3 Å². The van der Waals surface area contributed by atoms with E-state index in [0.717, 1.165) is 23.3 Å². The van der Waals surface area contributed by atoms with Gasteiger partial charge in [0.05, 0.1) is 11.0 Å². The second-order valence-corrected chi connectivity index (χ2v) is 6.76. The number of aliphatic hydroxyl groups excluding tert-OH is 1. The molecule has 2 atom stereocenters. The normalized spacial score (nSPS) is 13.8. The van der Waals surface area contributed by atoms with Crippen LogP contribution in [0.15, 0.2) is 42.5 Å². The van der Waals surface area contributed by atoms with Crippen LogP contribution < -0.4 is 5.32 Å². The largest absolute Gasteiger partial charge is 0.387 e. The molecule has 0 aliphatic rings. The van der Waals surface area contributed by atoms with Gasteiger partial charge in [0.1, 0.15) is 0 Å². The van der Waals surface area contributed by atoms with E-state index in [1.54, 1.807) is 18.3 Å². The van der Waals surface area contributed by atoms with Gasteiger partial charge in [-0.05, 0) is 44.4 Å². The third-order valence-corrected chi connectivity index (χ3v) is 4.92. The first-order valence-corrected chi connectivity index (χ1v) is 8.44. The summed E-state index contributed by atoms with van der Waals surface area (Å²) < 4.78 is 0. The van der Waals surface area contributed by atoms with Crippen molar-refractivity contribution in [3.63, 3.8) is 0 Å². The molecule has 2 N–H and O–H groups in total. The smallest absolute Gasteiger partial charge is 0.169 e. The van der Waals surface area contributed by atoms with E-state index in [1.807, 2.05) is 42.5 Å². The van der Waals surface area contributed by atoms with E-state index in [4.69, 9.17) is 0 Å². The minimum absolute atomic E-state index is 0.133. The van der Waals surface area contributed by atoms with E-state index >= 15 is 0 Å². The Labute approximate surface area is 136 Å². The maximum atomic E-state index is 11.3. The maximum Gasteiger partial charge on any atom is 0.169 e. The van der Waals surface area contributed by atoms with Crippen LogP contribution in [0.4, 0.5) is 0 Å². The van der Waals surface area contributed by atoms with Gasteiger partial charge in [-0.15, -0.1) is 11.3 Å². The number of hydrogen-bond donors (Lipinski definition) is 2. The molecule has 3 nitrogen and oxygen atoms in total. The molecule has 22 heavy (non-hydrogen) atoms. The second kappa shape index (κ2) is 8.22. The Morgan fingerprint density at radius 1 is 1.23 bits per heavy atom. The van der Waals surface area contributed by atoms with Crippen molar-refractivity contribution in [2.75, 3.05) is 6.54 Å². The van der Waals surface area contributed by atoms with Crippen molar-refractivity contribution >= 4 is 17.1 Å². The molecule has 1 heterocycles. The van der Waals surface area contributed by atoms with E-state index in [-0.39, 0.29) is 5.78 Å². The highest BCUT2D eigenvalue weighted by molar-refractivity contribution is 7.14. The minimum Gasteiger partial charge on any atom is -0.387 e. The zero-order valence-corrected chi connectivity index (χ0v) is 13.9. The van der Waals surface area contributed by atoms with Crippen LogP contribution >= 0.6 is 11.3 Å². The highest BCUT2D eigenvalue weighted by atomic mass is 32.1. The summed E-state index contributed by atoms with van der Waals surface area (Å²) in [4.78, 5) is 13.3. The van der Waals surface area contributed by atoms with E-state index in [1.165, 1.54) is 4.88 Å².